The highest BCUT2D eigenvalue weighted by atomic mass is 32.1. The molecule has 1 aliphatic heterocycles. The van der Waals surface area contributed by atoms with Crippen LogP contribution >= 0.6 is 22.7 Å². The van der Waals surface area contributed by atoms with E-state index in [-0.39, 0.29) is 12.2 Å². The lowest BCUT2D eigenvalue weighted by Gasteiger charge is -2.25. The summed E-state index contributed by atoms with van der Waals surface area (Å²) in [7, 11) is 1.57. The third-order valence-corrected chi connectivity index (χ3v) is 7.65. The number of carbonyl (C=O) groups is 1. The van der Waals surface area contributed by atoms with E-state index in [1.165, 1.54) is 17.4 Å². The number of fused-ring (bicyclic) bond motifs is 1. The van der Waals surface area contributed by atoms with Crippen LogP contribution in [0.2, 0.25) is 0 Å². The quantitative estimate of drug-likeness (QED) is 0.281. The maximum atomic E-state index is 13.7. The number of allylic oxidation sites excluding steroid dienone is 1. The van der Waals surface area contributed by atoms with Crippen molar-refractivity contribution in [3.63, 3.8) is 0 Å². The maximum Gasteiger partial charge on any atom is 0.338 e. The highest BCUT2D eigenvalue weighted by molar-refractivity contribution is 7.11. The average Bonchev–Trinajstić information content (AvgIpc) is 3.49. The summed E-state index contributed by atoms with van der Waals surface area (Å²) in [5, 5.41) is 1.96. The van der Waals surface area contributed by atoms with Crippen LogP contribution in [0.1, 0.15) is 43.7 Å². The van der Waals surface area contributed by atoms with Crippen LogP contribution in [-0.4, -0.2) is 30.9 Å². The topological polar surface area (TPSA) is 79.1 Å². The van der Waals surface area contributed by atoms with Gasteiger partial charge in [-0.25, -0.2) is 9.79 Å². The minimum Gasteiger partial charge on any atom is -0.493 e. The number of thiazole rings is 1. The molecular formula is C28H30N2O5S2. The number of rotatable bonds is 10. The second-order valence-electron chi connectivity index (χ2n) is 8.93. The standard InChI is InChI=1S/C28H30N2O5S2/c1-6-12-35-27(32)24-18(4)29-28-30(26(31)23(37-28)16-20-8-7-14-36-20)25(24)19-9-10-21(22(15-19)33-5)34-13-11-17(2)3/h6-10,14-17,25H,1,11-13H2,2-5H3/b23-16-. The highest BCUT2D eigenvalue weighted by Gasteiger charge is 2.34. The van der Waals surface area contributed by atoms with E-state index in [1.807, 2.05) is 41.8 Å². The molecule has 0 fully saturated rings. The number of hydrogen-bond acceptors (Lipinski definition) is 8. The molecule has 1 aromatic carbocycles. The van der Waals surface area contributed by atoms with Crippen molar-refractivity contribution in [3.05, 3.63) is 89.8 Å². The minimum atomic E-state index is -0.738. The molecule has 37 heavy (non-hydrogen) atoms. The fourth-order valence-electron chi connectivity index (χ4n) is 3.99. The van der Waals surface area contributed by atoms with Crippen molar-refractivity contribution >= 4 is 34.7 Å². The van der Waals surface area contributed by atoms with Crippen molar-refractivity contribution < 1.29 is 19.0 Å². The Morgan fingerprint density at radius 3 is 2.76 bits per heavy atom. The number of methoxy groups -OCH3 is 1. The van der Waals surface area contributed by atoms with Crippen LogP contribution in [0.15, 0.2) is 69.4 Å². The molecule has 0 saturated heterocycles. The SMILES string of the molecule is C=CCOC(=O)C1=C(C)N=c2s/c(=C\c3cccs3)c(=O)n2C1c1ccc(OCCC(C)C)c(OC)c1. The van der Waals surface area contributed by atoms with Gasteiger partial charge in [-0.1, -0.05) is 50.0 Å². The van der Waals surface area contributed by atoms with Crippen molar-refractivity contribution in [1.82, 2.24) is 4.57 Å². The predicted molar refractivity (Wildman–Crippen MR) is 147 cm³/mol. The zero-order valence-electron chi connectivity index (χ0n) is 21.4. The molecule has 4 rings (SSSR count). The van der Waals surface area contributed by atoms with Crippen LogP contribution in [0.4, 0.5) is 0 Å². The number of hydrogen-bond donors (Lipinski definition) is 0. The molecule has 9 heteroatoms. The van der Waals surface area contributed by atoms with E-state index in [9.17, 15) is 9.59 Å². The van der Waals surface area contributed by atoms with Gasteiger partial charge in [0, 0.05) is 4.88 Å². The first kappa shape index (κ1) is 26.6. The van der Waals surface area contributed by atoms with Crippen molar-refractivity contribution in [1.29, 1.82) is 0 Å². The van der Waals surface area contributed by atoms with Crippen LogP contribution in [0, 0.1) is 5.92 Å². The molecule has 0 amide bonds. The summed E-state index contributed by atoms with van der Waals surface area (Å²) in [5.74, 6) is 1.09. The smallest absolute Gasteiger partial charge is 0.338 e. The largest absolute Gasteiger partial charge is 0.493 e. The number of carbonyl (C=O) groups excluding carboxylic acids is 1. The lowest BCUT2D eigenvalue weighted by atomic mass is 9.95. The van der Waals surface area contributed by atoms with Gasteiger partial charge >= 0.3 is 5.97 Å². The fourth-order valence-corrected chi connectivity index (χ4v) is 5.76. The summed E-state index contributed by atoms with van der Waals surface area (Å²) in [6.45, 7) is 10.3. The lowest BCUT2D eigenvalue weighted by Crippen LogP contribution is -2.40. The molecule has 3 aromatic rings. The second-order valence-corrected chi connectivity index (χ2v) is 10.9. The Kier molecular flexibility index (Phi) is 8.45. The molecule has 1 atom stereocenters. The summed E-state index contributed by atoms with van der Waals surface area (Å²) in [4.78, 5) is 33.0. The summed E-state index contributed by atoms with van der Waals surface area (Å²) < 4.78 is 19.1. The maximum absolute atomic E-state index is 13.7. The van der Waals surface area contributed by atoms with Gasteiger partial charge < -0.3 is 14.2 Å². The lowest BCUT2D eigenvalue weighted by molar-refractivity contribution is -0.138. The minimum absolute atomic E-state index is 0.0527. The summed E-state index contributed by atoms with van der Waals surface area (Å²) in [6.07, 6.45) is 4.27. The van der Waals surface area contributed by atoms with Gasteiger partial charge in [0.2, 0.25) is 0 Å². The second kappa shape index (κ2) is 11.7. The van der Waals surface area contributed by atoms with Crippen LogP contribution < -0.4 is 24.4 Å². The molecular weight excluding hydrogens is 508 g/mol. The Morgan fingerprint density at radius 1 is 1.27 bits per heavy atom. The van der Waals surface area contributed by atoms with E-state index in [0.29, 0.717) is 50.2 Å². The molecule has 0 bridgehead atoms. The number of nitrogens with zero attached hydrogens (tertiary/aromatic N) is 2. The Labute approximate surface area is 223 Å². The Balaban J connectivity index is 1.85. The predicted octanol–water partition coefficient (Wildman–Crippen LogP) is 4.46. The van der Waals surface area contributed by atoms with E-state index in [1.54, 1.807) is 29.9 Å². The zero-order valence-corrected chi connectivity index (χ0v) is 23.0. The van der Waals surface area contributed by atoms with E-state index in [2.05, 4.69) is 25.4 Å². The molecule has 2 aromatic heterocycles. The summed E-state index contributed by atoms with van der Waals surface area (Å²) in [6, 6.07) is 8.63. The van der Waals surface area contributed by atoms with Crippen LogP contribution in [-0.2, 0) is 9.53 Å². The van der Waals surface area contributed by atoms with Crippen LogP contribution in [0.3, 0.4) is 0 Å². The van der Waals surface area contributed by atoms with Crippen LogP contribution in [0.25, 0.3) is 6.08 Å². The van der Waals surface area contributed by atoms with E-state index in [4.69, 9.17) is 14.2 Å². The molecule has 0 saturated carbocycles. The normalized spacial score (nSPS) is 15.4. The number of aromatic nitrogens is 1. The highest BCUT2D eigenvalue weighted by Crippen LogP contribution is 2.36. The van der Waals surface area contributed by atoms with Gasteiger partial charge in [-0.2, -0.15) is 0 Å². The molecule has 1 aliphatic rings. The first-order chi connectivity index (χ1) is 17.8. The third-order valence-electron chi connectivity index (χ3n) is 5.85. The van der Waals surface area contributed by atoms with Gasteiger partial charge in [0.15, 0.2) is 16.3 Å². The van der Waals surface area contributed by atoms with Crippen molar-refractivity contribution in [3.8, 4) is 11.5 Å². The average molecular weight is 539 g/mol. The van der Waals surface area contributed by atoms with Gasteiger partial charge in [0.25, 0.3) is 5.56 Å². The molecule has 1 unspecified atom stereocenters. The third kappa shape index (κ3) is 5.78. The molecule has 194 valence electrons. The molecule has 3 heterocycles. The molecule has 0 radical (unpaired) electrons. The number of esters is 1. The molecule has 7 nitrogen and oxygen atoms in total. The zero-order chi connectivity index (χ0) is 26.5. The van der Waals surface area contributed by atoms with E-state index in [0.717, 1.165) is 11.3 Å². The van der Waals surface area contributed by atoms with E-state index >= 15 is 0 Å². The van der Waals surface area contributed by atoms with Crippen molar-refractivity contribution in [2.24, 2.45) is 10.9 Å². The summed E-state index contributed by atoms with van der Waals surface area (Å²) in [5.41, 5.74) is 1.27. The van der Waals surface area contributed by atoms with Crippen LogP contribution in [0.5, 0.6) is 11.5 Å². The summed E-state index contributed by atoms with van der Waals surface area (Å²) >= 11 is 2.84. The van der Waals surface area contributed by atoms with Crippen molar-refractivity contribution in [2.75, 3.05) is 20.3 Å². The molecule has 0 N–H and O–H groups in total. The van der Waals surface area contributed by atoms with Crippen molar-refractivity contribution in [2.45, 2.75) is 33.2 Å². The monoisotopic (exact) mass is 538 g/mol. The Bertz CT molecular complexity index is 1500. The first-order valence-electron chi connectivity index (χ1n) is 12.0. The van der Waals surface area contributed by atoms with Gasteiger partial charge in [-0.3, -0.25) is 9.36 Å². The van der Waals surface area contributed by atoms with Gasteiger partial charge in [0.05, 0.1) is 35.6 Å². The number of thiophene rings is 1. The molecule has 0 spiro atoms. The molecule has 0 aliphatic carbocycles. The number of benzene rings is 1. The first-order valence-corrected chi connectivity index (χ1v) is 13.7. The van der Waals surface area contributed by atoms with Gasteiger partial charge in [0.1, 0.15) is 6.61 Å². The van der Waals surface area contributed by atoms with E-state index < -0.39 is 12.0 Å². The van der Waals surface area contributed by atoms with Gasteiger partial charge in [-0.15, -0.1) is 11.3 Å². The Hall–Kier alpha value is -3.43. The Morgan fingerprint density at radius 2 is 2.08 bits per heavy atom. The van der Waals surface area contributed by atoms with Gasteiger partial charge in [-0.05, 0) is 54.5 Å². The fraction of sp³-hybridized carbons (Fsp3) is 0.321. The number of ether oxygens (including phenoxy) is 3.